The van der Waals surface area contributed by atoms with Gasteiger partial charge in [-0.25, -0.2) is 13.1 Å². The summed E-state index contributed by atoms with van der Waals surface area (Å²) in [5.74, 6) is -1.42. The fraction of sp³-hybridized carbons (Fsp3) is 0.435. The molecule has 1 heterocycles. The Morgan fingerprint density at radius 2 is 1.90 bits per heavy atom. The van der Waals surface area contributed by atoms with E-state index in [9.17, 15) is 18.3 Å². The summed E-state index contributed by atoms with van der Waals surface area (Å²) in [5, 5.41) is 13.3. The number of rotatable bonds is 9. The summed E-state index contributed by atoms with van der Waals surface area (Å²) in [6.07, 6.45) is 1.76. The lowest BCUT2D eigenvalue weighted by Gasteiger charge is -2.25. The Labute approximate surface area is 178 Å². The standard InChI is InChI=1S/C23H30N2O4S/c1-3-18(23(26)27)22-17(11-8-12-19(22)16-9-6-5-7-10-16)15-21-20(13-14-24-21)25-30(28,29)4-2/h5-12,18,20-21,24-25H,3-4,13-15H2,1-2H3,(H,26,27). The Bertz CT molecular complexity index is 976. The molecular weight excluding hydrogens is 400 g/mol. The van der Waals surface area contributed by atoms with Gasteiger partial charge in [-0.1, -0.05) is 55.5 Å². The number of carboxylic acids is 1. The highest BCUT2D eigenvalue weighted by Gasteiger charge is 2.32. The topological polar surface area (TPSA) is 95.5 Å². The van der Waals surface area contributed by atoms with Crippen molar-refractivity contribution >= 4 is 16.0 Å². The van der Waals surface area contributed by atoms with Gasteiger partial charge in [0.15, 0.2) is 0 Å². The van der Waals surface area contributed by atoms with Gasteiger partial charge in [-0.15, -0.1) is 0 Å². The van der Waals surface area contributed by atoms with E-state index >= 15 is 0 Å². The SMILES string of the molecule is CCC(C(=O)O)c1c(CC2NCCC2NS(=O)(=O)CC)cccc1-c1ccccc1. The summed E-state index contributed by atoms with van der Waals surface area (Å²) in [7, 11) is -3.31. The van der Waals surface area contributed by atoms with Gasteiger partial charge in [0.05, 0.1) is 11.7 Å². The lowest BCUT2D eigenvalue weighted by molar-refractivity contribution is -0.138. The second-order valence-electron chi connectivity index (χ2n) is 7.72. The molecule has 0 saturated carbocycles. The van der Waals surface area contributed by atoms with Crippen LogP contribution in [0.1, 0.15) is 43.7 Å². The predicted octanol–water partition coefficient (Wildman–Crippen LogP) is 3.14. The second-order valence-corrected chi connectivity index (χ2v) is 9.77. The van der Waals surface area contributed by atoms with E-state index in [4.69, 9.17) is 0 Å². The Morgan fingerprint density at radius 1 is 1.17 bits per heavy atom. The van der Waals surface area contributed by atoms with Crippen LogP contribution >= 0.6 is 0 Å². The fourth-order valence-corrected chi connectivity index (χ4v) is 5.16. The number of carbonyl (C=O) groups is 1. The molecule has 1 saturated heterocycles. The molecule has 30 heavy (non-hydrogen) atoms. The minimum Gasteiger partial charge on any atom is -0.481 e. The molecule has 2 aromatic carbocycles. The van der Waals surface area contributed by atoms with Crippen molar-refractivity contribution < 1.29 is 18.3 Å². The van der Waals surface area contributed by atoms with Gasteiger partial charge < -0.3 is 10.4 Å². The van der Waals surface area contributed by atoms with Crippen LogP contribution in [0, 0.1) is 0 Å². The number of nitrogens with one attached hydrogen (secondary N) is 2. The van der Waals surface area contributed by atoms with Crippen LogP contribution in [0.3, 0.4) is 0 Å². The van der Waals surface area contributed by atoms with Crippen molar-refractivity contribution in [2.75, 3.05) is 12.3 Å². The first-order chi connectivity index (χ1) is 14.4. The molecule has 0 bridgehead atoms. The highest BCUT2D eigenvalue weighted by molar-refractivity contribution is 7.89. The van der Waals surface area contributed by atoms with Crippen LogP contribution in [0.5, 0.6) is 0 Å². The van der Waals surface area contributed by atoms with Gasteiger partial charge in [-0.3, -0.25) is 4.79 Å². The van der Waals surface area contributed by atoms with Gasteiger partial charge in [0.25, 0.3) is 0 Å². The minimum atomic E-state index is -3.31. The summed E-state index contributed by atoms with van der Waals surface area (Å²) in [4.78, 5) is 12.1. The number of hydrogen-bond donors (Lipinski definition) is 3. The summed E-state index contributed by atoms with van der Waals surface area (Å²) >= 11 is 0. The van der Waals surface area contributed by atoms with Gasteiger partial charge in [0.1, 0.15) is 0 Å². The van der Waals surface area contributed by atoms with E-state index in [1.807, 2.05) is 55.5 Å². The molecule has 3 N–H and O–H groups in total. The van der Waals surface area contributed by atoms with Crippen LogP contribution in [0.15, 0.2) is 48.5 Å². The Kier molecular flexibility index (Phi) is 7.28. The zero-order chi connectivity index (χ0) is 21.7. The van der Waals surface area contributed by atoms with E-state index < -0.39 is 21.9 Å². The van der Waals surface area contributed by atoms with E-state index in [2.05, 4.69) is 10.0 Å². The average molecular weight is 431 g/mol. The molecule has 0 aromatic heterocycles. The maximum absolute atomic E-state index is 12.1. The van der Waals surface area contributed by atoms with Crippen molar-refractivity contribution in [3.8, 4) is 11.1 Å². The molecule has 3 rings (SSSR count). The van der Waals surface area contributed by atoms with Gasteiger partial charge in [-0.2, -0.15) is 0 Å². The third-order valence-corrected chi connectivity index (χ3v) is 7.26. The van der Waals surface area contributed by atoms with E-state index in [1.54, 1.807) is 6.92 Å². The molecule has 1 aliphatic rings. The highest BCUT2D eigenvalue weighted by atomic mass is 32.2. The molecule has 162 valence electrons. The largest absolute Gasteiger partial charge is 0.481 e. The first-order valence-electron chi connectivity index (χ1n) is 10.5. The molecule has 2 aromatic rings. The minimum absolute atomic E-state index is 0.0435. The van der Waals surface area contributed by atoms with Crippen LogP contribution in [0.25, 0.3) is 11.1 Å². The normalized spacial score (nSPS) is 20.2. The average Bonchev–Trinajstić information content (AvgIpc) is 3.15. The quantitative estimate of drug-likeness (QED) is 0.568. The lowest BCUT2D eigenvalue weighted by Crippen LogP contribution is -2.45. The van der Waals surface area contributed by atoms with Crippen molar-refractivity contribution in [1.29, 1.82) is 0 Å². The molecule has 0 spiro atoms. The smallest absolute Gasteiger partial charge is 0.310 e. The molecule has 1 aliphatic heterocycles. The summed E-state index contributed by atoms with van der Waals surface area (Å²) in [6, 6.07) is 15.4. The summed E-state index contributed by atoms with van der Waals surface area (Å²) in [6.45, 7) is 4.24. The van der Waals surface area contributed by atoms with Crippen molar-refractivity contribution in [3.05, 3.63) is 59.7 Å². The van der Waals surface area contributed by atoms with Crippen LogP contribution in [0.2, 0.25) is 0 Å². The first kappa shape index (κ1) is 22.5. The molecule has 3 unspecified atom stereocenters. The van der Waals surface area contributed by atoms with Gasteiger partial charge >= 0.3 is 5.97 Å². The number of aliphatic carboxylic acids is 1. The summed E-state index contributed by atoms with van der Waals surface area (Å²) in [5.41, 5.74) is 3.68. The Balaban J connectivity index is 2.01. The second kappa shape index (κ2) is 9.73. The Hall–Kier alpha value is -2.22. The Morgan fingerprint density at radius 3 is 2.53 bits per heavy atom. The maximum atomic E-state index is 12.1. The maximum Gasteiger partial charge on any atom is 0.310 e. The molecule has 1 fully saturated rings. The number of sulfonamides is 1. The molecule has 6 nitrogen and oxygen atoms in total. The molecule has 0 amide bonds. The molecule has 7 heteroatoms. The fourth-order valence-electron chi connectivity index (χ4n) is 4.25. The first-order valence-corrected chi connectivity index (χ1v) is 12.1. The van der Waals surface area contributed by atoms with E-state index in [0.717, 1.165) is 28.8 Å². The van der Waals surface area contributed by atoms with Gasteiger partial charge in [-0.05, 0) is 55.0 Å². The molecule has 0 aliphatic carbocycles. The van der Waals surface area contributed by atoms with E-state index in [-0.39, 0.29) is 17.8 Å². The molecule has 0 radical (unpaired) electrons. The van der Waals surface area contributed by atoms with Crippen molar-refractivity contribution in [2.24, 2.45) is 0 Å². The van der Waals surface area contributed by atoms with Crippen LogP contribution in [-0.4, -0.2) is 43.9 Å². The van der Waals surface area contributed by atoms with Crippen LogP contribution in [0.4, 0.5) is 0 Å². The zero-order valence-corrected chi connectivity index (χ0v) is 18.3. The summed E-state index contributed by atoms with van der Waals surface area (Å²) < 4.78 is 27.0. The predicted molar refractivity (Wildman–Crippen MR) is 119 cm³/mol. The number of hydrogen-bond acceptors (Lipinski definition) is 4. The number of carboxylic acid groups (broad SMARTS) is 1. The molecular formula is C23H30N2O4S. The van der Waals surface area contributed by atoms with E-state index in [0.29, 0.717) is 19.3 Å². The van der Waals surface area contributed by atoms with E-state index in [1.165, 1.54) is 0 Å². The van der Waals surface area contributed by atoms with Crippen LogP contribution in [-0.2, 0) is 21.2 Å². The van der Waals surface area contributed by atoms with Crippen LogP contribution < -0.4 is 10.0 Å². The molecule has 3 atom stereocenters. The van der Waals surface area contributed by atoms with Crippen molar-refractivity contribution in [2.45, 2.75) is 51.1 Å². The number of benzene rings is 2. The van der Waals surface area contributed by atoms with Crippen molar-refractivity contribution in [3.63, 3.8) is 0 Å². The lowest BCUT2D eigenvalue weighted by atomic mass is 9.83. The van der Waals surface area contributed by atoms with Gasteiger partial charge in [0, 0.05) is 12.1 Å². The van der Waals surface area contributed by atoms with Crippen molar-refractivity contribution in [1.82, 2.24) is 10.0 Å². The third kappa shape index (κ3) is 5.09. The van der Waals surface area contributed by atoms with Gasteiger partial charge in [0.2, 0.25) is 10.0 Å². The monoisotopic (exact) mass is 430 g/mol. The highest BCUT2D eigenvalue weighted by Crippen LogP contribution is 2.35. The zero-order valence-electron chi connectivity index (χ0n) is 17.5. The third-order valence-electron chi connectivity index (χ3n) is 5.83.